The Morgan fingerprint density at radius 3 is 2.66 bits per heavy atom. The molecule has 0 saturated heterocycles. The smallest absolute Gasteiger partial charge is 0.383 e. The van der Waals surface area contributed by atoms with E-state index in [4.69, 9.17) is 17.3 Å². The molecule has 1 aromatic carbocycles. The number of carbonyl (C=O) groups is 2. The first-order valence-electron chi connectivity index (χ1n) is 8.89. The van der Waals surface area contributed by atoms with Crippen LogP contribution in [0, 0.1) is 0 Å². The summed E-state index contributed by atoms with van der Waals surface area (Å²) < 4.78 is 40.2. The van der Waals surface area contributed by atoms with E-state index >= 15 is 0 Å². The first-order chi connectivity index (χ1) is 14.9. The molecule has 0 spiro atoms. The monoisotopic (exact) mass is 598 g/mol. The van der Waals surface area contributed by atoms with Crippen molar-refractivity contribution in [2.24, 2.45) is 0 Å². The van der Waals surface area contributed by atoms with Gasteiger partial charge in [-0.3, -0.25) is 9.59 Å². The van der Waals surface area contributed by atoms with Crippen LogP contribution in [0.3, 0.4) is 0 Å². The Morgan fingerprint density at radius 2 is 2.06 bits per heavy atom. The molecule has 0 bridgehead atoms. The van der Waals surface area contributed by atoms with Crippen LogP contribution in [0.2, 0.25) is 5.02 Å². The fourth-order valence-corrected chi connectivity index (χ4v) is 4.32. The van der Waals surface area contributed by atoms with Crippen LogP contribution < -0.4 is 11.1 Å². The number of rotatable bonds is 4. The van der Waals surface area contributed by atoms with Crippen LogP contribution >= 0.6 is 40.0 Å². The van der Waals surface area contributed by atoms with Gasteiger partial charge in [-0.15, -0.1) is 0 Å². The molecule has 0 aliphatic rings. The van der Waals surface area contributed by atoms with Gasteiger partial charge in [0.1, 0.15) is 11.3 Å². The van der Waals surface area contributed by atoms with E-state index in [1.54, 1.807) is 17.6 Å². The zero-order valence-electron chi connectivity index (χ0n) is 16.5. The number of likely N-dealkylation sites (N-methyl/N-ethyl adjacent to an activating group) is 1. The van der Waals surface area contributed by atoms with Crippen LogP contribution in [0.4, 0.5) is 24.7 Å². The highest BCUT2D eigenvalue weighted by Gasteiger charge is 2.32. The van der Waals surface area contributed by atoms with E-state index in [2.05, 4.69) is 37.4 Å². The molecule has 2 heterocycles. The first kappa shape index (κ1) is 24.5. The molecule has 0 saturated carbocycles. The van der Waals surface area contributed by atoms with Crippen molar-refractivity contribution < 1.29 is 22.8 Å². The molecule has 32 heavy (non-hydrogen) atoms. The average Bonchev–Trinajstić information content (AvgIpc) is 3.19. The third-order valence-electron chi connectivity index (χ3n) is 4.79. The van der Waals surface area contributed by atoms with Crippen molar-refractivity contribution >= 4 is 74.2 Å². The van der Waals surface area contributed by atoms with E-state index in [9.17, 15) is 22.8 Å². The third kappa shape index (κ3) is 4.91. The van der Waals surface area contributed by atoms with Crippen molar-refractivity contribution in [3.8, 4) is 0 Å². The van der Waals surface area contributed by atoms with Crippen LogP contribution in [0.15, 0.2) is 30.6 Å². The van der Waals surface area contributed by atoms with Crippen molar-refractivity contribution in [3.05, 3.63) is 46.7 Å². The van der Waals surface area contributed by atoms with Gasteiger partial charge in [0.15, 0.2) is 0 Å². The largest absolute Gasteiger partial charge is 0.416 e. The first-order valence-corrected chi connectivity index (χ1v) is 13.3. The van der Waals surface area contributed by atoms with Crippen molar-refractivity contribution in [2.75, 3.05) is 18.1 Å². The molecule has 0 aliphatic heterocycles. The van der Waals surface area contributed by atoms with Crippen LogP contribution in [-0.2, 0) is 15.8 Å². The lowest BCUT2D eigenvalue weighted by atomic mass is 10.0. The predicted molar refractivity (Wildman–Crippen MR) is 126 cm³/mol. The molecule has 170 valence electrons. The highest BCUT2D eigenvalue weighted by atomic mass is 127. The second-order valence-electron chi connectivity index (χ2n) is 6.76. The lowest BCUT2D eigenvalue weighted by Crippen LogP contribution is -2.38. The summed E-state index contributed by atoms with van der Waals surface area (Å²) in [5.41, 5.74) is 5.79. The second-order valence-corrected chi connectivity index (χ2v) is 9.24. The summed E-state index contributed by atoms with van der Waals surface area (Å²) in [7, 11) is 1.35. The number of benzene rings is 1. The minimum Gasteiger partial charge on any atom is -0.383 e. The highest BCUT2D eigenvalue weighted by Crippen LogP contribution is 2.35. The summed E-state index contributed by atoms with van der Waals surface area (Å²) >= 11 is 8.14. The fourth-order valence-electron chi connectivity index (χ4n) is 2.92. The molecule has 0 aliphatic carbocycles. The molecule has 3 N–H and O–H groups in total. The molecule has 0 fully saturated rings. The Bertz CT molecular complexity index is 1210. The van der Waals surface area contributed by atoms with Crippen LogP contribution in [0.1, 0.15) is 24.1 Å². The Kier molecular flexibility index (Phi) is 7.15. The summed E-state index contributed by atoms with van der Waals surface area (Å²) in [6.07, 6.45) is -1.28. The van der Waals surface area contributed by atoms with Gasteiger partial charge in [-0.1, -0.05) is 17.7 Å². The number of amides is 2. The number of nitrogens with zero attached hydrogens (tertiary/aromatic N) is 4. The summed E-state index contributed by atoms with van der Waals surface area (Å²) in [5, 5.41) is 7.16. The van der Waals surface area contributed by atoms with Gasteiger partial charge < -0.3 is 16.0 Å². The fraction of sp³-hybridized carbons (Fsp3) is 0.222. The number of aromatic nitrogens is 3. The summed E-state index contributed by atoms with van der Waals surface area (Å²) in [6.45, 7) is 1.55. The molecule has 14 heteroatoms. The summed E-state index contributed by atoms with van der Waals surface area (Å²) in [4.78, 5) is 30.4. The van der Waals surface area contributed by atoms with Gasteiger partial charge in [-0.05, 0) is 46.7 Å². The van der Waals surface area contributed by atoms with Crippen molar-refractivity contribution in [1.82, 2.24) is 19.4 Å². The maximum Gasteiger partial charge on any atom is 0.416 e. The van der Waals surface area contributed by atoms with E-state index in [0.29, 0.717) is 10.9 Å². The number of fused-ring (bicyclic) bond motifs is 1. The molecule has 2 unspecified atom stereocenters. The van der Waals surface area contributed by atoms with Crippen molar-refractivity contribution in [2.45, 2.75) is 19.1 Å². The van der Waals surface area contributed by atoms with Gasteiger partial charge in [-0.25, -0.2) is 9.44 Å². The number of nitrogens with two attached hydrogens (primary N) is 1. The molecular formula is C18H16ClF3IN6O2P. The van der Waals surface area contributed by atoms with Crippen molar-refractivity contribution in [1.29, 1.82) is 0 Å². The molecular weight excluding hydrogens is 583 g/mol. The standard InChI is InChI=1S/C18H16ClF3IN6O2P/c1-8(10-4-3-9(5-12(10)19)18(20,21)22)28(2)17(31)16(30)26-13-6-25-15(24)11-7-29(32-23)27-14(11)13/h3-8,32H,1-2H3,(H2,24,25)(H,26,30). The number of pyridine rings is 1. The van der Waals surface area contributed by atoms with Crippen LogP contribution in [0.5, 0.6) is 0 Å². The molecule has 2 atom stereocenters. The number of hydrogen-bond acceptors (Lipinski definition) is 5. The number of alkyl halides is 3. The molecule has 3 rings (SSSR count). The Balaban J connectivity index is 1.80. The summed E-state index contributed by atoms with van der Waals surface area (Å²) in [5.74, 6) is -1.66. The van der Waals surface area contributed by atoms with E-state index < -0.39 is 29.6 Å². The van der Waals surface area contributed by atoms with E-state index in [1.165, 1.54) is 19.3 Å². The molecule has 2 amide bonds. The normalized spacial score (nSPS) is 13.0. The zero-order valence-corrected chi connectivity index (χ0v) is 20.5. The number of nitrogen functional groups attached to an aromatic ring is 1. The average molecular weight is 599 g/mol. The summed E-state index contributed by atoms with van der Waals surface area (Å²) in [6, 6.07) is 2.07. The van der Waals surface area contributed by atoms with E-state index in [0.717, 1.165) is 17.0 Å². The number of hydrogen-bond donors (Lipinski definition) is 2. The van der Waals surface area contributed by atoms with Gasteiger partial charge in [0, 0.05) is 18.3 Å². The minimum absolute atomic E-state index is 0.165. The van der Waals surface area contributed by atoms with Gasteiger partial charge in [0.2, 0.25) is 0 Å². The Labute approximate surface area is 200 Å². The maximum absolute atomic E-state index is 12.9. The maximum atomic E-state index is 12.9. The SMILES string of the molecule is CC(c1ccc(C(F)(F)F)cc1Cl)N(C)C(=O)C(=O)Nc1cnc(N)c2cn(PI)nc12. The lowest BCUT2D eigenvalue weighted by molar-refractivity contribution is -0.143. The van der Waals surface area contributed by atoms with E-state index in [-0.39, 0.29) is 28.5 Å². The number of carbonyl (C=O) groups excluding carboxylic acids is 2. The Morgan fingerprint density at radius 1 is 1.38 bits per heavy atom. The zero-order chi connectivity index (χ0) is 23.8. The van der Waals surface area contributed by atoms with Crippen molar-refractivity contribution in [3.63, 3.8) is 0 Å². The number of halogens is 5. The number of nitrogens with one attached hydrogen (secondary N) is 1. The molecule has 2 aromatic heterocycles. The van der Waals surface area contributed by atoms with Gasteiger partial charge >= 0.3 is 18.0 Å². The topological polar surface area (TPSA) is 106 Å². The van der Waals surface area contributed by atoms with Crippen LogP contribution in [-0.4, -0.2) is 38.3 Å². The number of anilines is 2. The predicted octanol–water partition coefficient (Wildman–Crippen LogP) is 4.64. The lowest BCUT2D eigenvalue weighted by Gasteiger charge is -2.26. The van der Waals surface area contributed by atoms with E-state index in [1.807, 2.05) is 0 Å². The van der Waals surface area contributed by atoms with Gasteiger partial charge in [0.05, 0.1) is 35.2 Å². The molecule has 3 aromatic rings. The minimum atomic E-state index is -4.55. The Hall–Kier alpha value is -2.18. The van der Waals surface area contributed by atoms with Gasteiger partial charge in [0.25, 0.3) is 0 Å². The third-order valence-corrected chi connectivity index (χ3v) is 7.00. The van der Waals surface area contributed by atoms with Gasteiger partial charge in [-0.2, -0.15) is 18.3 Å². The quantitative estimate of drug-likeness (QED) is 0.259. The highest BCUT2D eigenvalue weighted by molar-refractivity contribution is 14.2. The molecule has 0 radical (unpaired) electrons. The van der Waals surface area contributed by atoms with Crippen LogP contribution in [0.25, 0.3) is 10.9 Å². The molecule has 8 nitrogen and oxygen atoms in total. The second kappa shape index (κ2) is 9.36.